The first kappa shape index (κ1) is 24.9. The van der Waals surface area contributed by atoms with Gasteiger partial charge < -0.3 is 15.4 Å². The lowest BCUT2D eigenvalue weighted by molar-refractivity contribution is 0.201. The van der Waals surface area contributed by atoms with E-state index in [0.29, 0.717) is 24.8 Å². The van der Waals surface area contributed by atoms with E-state index < -0.39 is 9.84 Å². The van der Waals surface area contributed by atoms with E-state index >= 15 is 0 Å². The number of rotatable bonds is 9. The maximum atomic E-state index is 11.3. The average Bonchev–Trinajstić information content (AvgIpc) is 3.11. The van der Waals surface area contributed by atoms with Crippen LogP contribution in [0, 0.1) is 0 Å². The predicted octanol–water partition coefficient (Wildman–Crippen LogP) is 2.90. The molecule has 0 radical (unpaired) electrons. The molecule has 1 heterocycles. The Kier molecular flexibility index (Phi) is 11.1. The van der Waals surface area contributed by atoms with Crippen molar-refractivity contribution >= 4 is 39.8 Å². The number of aliphatic imine (C=N–C) groups is 1. The van der Waals surface area contributed by atoms with E-state index in [1.54, 1.807) is 6.20 Å². The van der Waals surface area contributed by atoms with Crippen molar-refractivity contribution in [3.63, 3.8) is 0 Å². The Balaban J connectivity index is 0.00000392. The minimum atomic E-state index is -2.96. The predicted molar refractivity (Wildman–Crippen MR) is 124 cm³/mol. The molecule has 0 saturated heterocycles. The van der Waals surface area contributed by atoms with Crippen LogP contribution in [0.1, 0.15) is 51.5 Å². The lowest BCUT2D eigenvalue weighted by Crippen LogP contribution is -2.42. The van der Waals surface area contributed by atoms with Gasteiger partial charge in [0.1, 0.15) is 15.9 Å². The highest BCUT2D eigenvalue weighted by atomic mass is 127. The van der Waals surface area contributed by atoms with Crippen LogP contribution < -0.4 is 15.4 Å². The molecule has 1 aliphatic carbocycles. The van der Waals surface area contributed by atoms with Gasteiger partial charge in [-0.1, -0.05) is 0 Å². The Morgan fingerprint density at radius 1 is 1.39 bits per heavy atom. The van der Waals surface area contributed by atoms with Gasteiger partial charge in [0.2, 0.25) is 5.88 Å². The topological polar surface area (TPSA) is 92.7 Å². The third-order valence-corrected chi connectivity index (χ3v) is 5.43. The molecular formula is C19H33IN4O3S. The van der Waals surface area contributed by atoms with Crippen molar-refractivity contribution in [2.45, 2.75) is 64.6 Å². The molecular weight excluding hydrogens is 491 g/mol. The molecule has 160 valence electrons. The van der Waals surface area contributed by atoms with Crippen LogP contribution in [0.25, 0.3) is 0 Å². The highest BCUT2D eigenvalue weighted by molar-refractivity contribution is 14.0. The number of hydrogen-bond donors (Lipinski definition) is 2. The summed E-state index contributed by atoms with van der Waals surface area (Å²) in [6.07, 6.45) is 8.49. The molecule has 1 aliphatic rings. The summed E-state index contributed by atoms with van der Waals surface area (Å²) < 4.78 is 28.6. The Labute approximate surface area is 186 Å². The SMILES string of the molecule is CCNC(=NCc1ccnc(OC2CCCC2)c1)NC(C)CCS(C)(=O)=O.I. The largest absolute Gasteiger partial charge is 0.474 e. The van der Waals surface area contributed by atoms with E-state index in [4.69, 9.17) is 4.74 Å². The molecule has 2 rings (SSSR count). The first-order valence-electron chi connectivity index (χ1n) is 9.70. The standard InChI is InChI=1S/C19H32N4O3S.HI/c1-4-20-19(23-15(2)10-12-27(3,24)25)22-14-16-9-11-21-18(13-16)26-17-7-5-6-8-17;/h9,11,13,15,17H,4-8,10,12,14H2,1-3H3,(H2,20,22,23);1H. The quantitative estimate of drug-likeness (QED) is 0.293. The van der Waals surface area contributed by atoms with Crippen LogP contribution in [0.2, 0.25) is 0 Å². The van der Waals surface area contributed by atoms with Gasteiger partial charge in [0.15, 0.2) is 5.96 Å². The van der Waals surface area contributed by atoms with E-state index in [0.717, 1.165) is 24.9 Å². The molecule has 1 atom stereocenters. The second-order valence-corrected chi connectivity index (χ2v) is 9.45. The zero-order valence-electron chi connectivity index (χ0n) is 17.0. The fourth-order valence-electron chi connectivity index (χ4n) is 2.98. The summed E-state index contributed by atoms with van der Waals surface area (Å²) >= 11 is 0. The van der Waals surface area contributed by atoms with E-state index in [9.17, 15) is 8.42 Å². The number of sulfone groups is 1. The summed E-state index contributed by atoms with van der Waals surface area (Å²) in [5.74, 6) is 1.50. The van der Waals surface area contributed by atoms with Crippen LogP contribution in [0.3, 0.4) is 0 Å². The van der Waals surface area contributed by atoms with Crippen molar-refractivity contribution in [2.75, 3.05) is 18.6 Å². The van der Waals surface area contributed by atoms with Gasteiger partial charge in [0, 0.05) is 31.1 Å². The lowest BCUT2D eigenvalue weighted by atomic mass is 10.2. The van der Waals surface area contributed by atoms with E-state index in [1.165, 1.54) is 19.1 Å². The first-order valence-corrected chi connectivity index (χ1v) is 11.8. The molecule has 28 heavy (non-hydrogen) atoms. The Hall–Kier alpha value is -1.10. The van der Waals surface area contributed by atoms with Crippen LogP contribution >= 0.6 is 24.0 Å². The van der Waals surface area contributed by atoms with Gasteiger partial charge in [-0.3, -0.25) is 0 Å². The number of pyridine rings is 1. The van der Waals surface area contributed by atoms with Crippen LogP contribution in [0.5, 0.6) is 5.88 Å². The first-order chi connectivity index (χ1) is 12.9. The molecule has 1 aromatic heterocycles. The molecule has 0 spiro atoms. The molecule has 7 nitrogen and oxygen atoms in total. The number of hydrogen-bond acceptors (Lipinski definition) is 5. The van der Waals surface area contributed by atoms with Gasteiger partial charge in [-0.25, -0.2) is 18.4 Å². The maximum Gasteiger partial charge on any atom is 0.213 e. The van der Waals surface area contributed by atoms with Crippen molar-refractivity contribution in [3.8, 4) is 5.88 Å². The second kappa shape index (κ2) is 12.5. The summed E-state index contributed by atoms with van der Waals surface area (Å²) in [7, 11) is -2.96. The lowest BCUT2D eigenvalue weighted by Gasteiger charge is -2.17. The molecule has 0 amide bonds. The minimum absolute atomic E-state index is 0. The maximum absolute atomic E-state index is 11.3. The molecule has 1 unspecified atom stereocenters. The fourth-order valence-corrected chi connectivity index (χ4v) is 3.76. The van der Waals surface area contributed by atoms with Crippen molar-refractivity contribution < 1.29 is 13.2 Å². The van der Waals surface area contributed by atoms with Gasteiger partial charge in [-0.05, 0) is 57.6 Å². The zero-order chi connectivity index (χ0) is 19.7. The number of ether oxygens (including phenoxy) is 1. The second-order valence-electron chi connectivity index (χ2n) is 7.19. The highest BCUT2D eigenvalue weighted by Crippen LogP contribution is 2.23. The van der Waals surface area contributed by atoms with Gasteiger partial charge in [-0.2, -0.15) is 0 Å². The zero-order valence-corrected chi connectivity index (χ0v) is 20.1. The van der Waals surface area contributed by atoms with Crippen molar-refractivity contribution in [1.29, 1.82) is 0 Å². The Morgan fingerprint density at radius 2 is 2.11 bits per heavy atom. The molecule has 1 fully saturated rings. The molecule has 0 aromatic carbocycles. The normalized spacial score (nSPS) is 16.3. The molecule has 1 saturated carbocycles. The van der Waals surface area contributed by atoms with E-state index in [-0.39, 0.29) is 41.9 Å². The van der Waals surface area contributed by atoms with E-state index in [2.05, 4.69) is 20.6 Å². The van der Waals surface area contributed by atoms with Gasteiger partial charge in [0.05, 0.1) is 12.3 Å². The van der Waals surface area contributed by atoms with Crippen LogP contribution in [0.15, 0.2) is 23.3 Å². The summed E-state index contributed by atoms with van der Waals surface area (Å²) in [5, 5.41) is 6.46. The van der Waals surface area contributed by atoms with Crippen LogP contribution in [0.4, 0.5) is 0 Å². The number of halogens is 1. The number of nitrogens with one attached hydrogen (secondary N) is 2. The summed E-state index contributed by atoms with van der Waals surface area (Å²) in [4.78, 5) is 8.91. The molecule has 9 heteroatoms. The minimum Gasteiger partial charge on any atom is -0.474 e. The van der Waals surface area contributed by atoms with Gasteiger partial charge >= 0.3 is 0 Å². The third-order valence-electron chi connectivity index (χ3n) is 4.46. The summed E-state index contributed by atoms with van der Waals surface area (Å²) in [6.45, 7) is 5.19. The summed E-state index contributed by atoms with van der Waals surface area (Å²) in [5.41, 5.74) is 1.03. The monoisotopic (exact) mass is 524 g/mol. The third kappa shape index (κ3) is 9.90. The summed E-state index contributed by atoms with van der Waals surface area (Å²) in [6, 6.07) is 3.89. The fraction of sp³-hybridized carbons (Fsp3) is 0.684. The number of nitrogens with zero attached hydrogens (tertiary/aromatic N) is 2. The van der Waals surface area contributed by atoms with Gasteiger partial charge in [-0.15, -0.1) is 24.0 Å². The molecule has 0 bridgehead atoms. The Morgan fingerprint density at radius 3 is 2.75 bits per heavy atom. The average molecular weight is 524 g/mol. The van der Waals surface area contributed by atoms with E-state index in [1.807, 2.05) is 26.0 Å². The Bertz CT molecular complexity index is 722. The van der Waals surface area contributed by atoms with Gasteiger partial charge in [0.25, 0.3) is 0 Å². The highest BCUT2D eigenvalue weighted by Gasteiger charge is 2.17. The molecule has 2 N–H and O–H groups in total. The van der Waals surface area contributed by atoms with Crippen LogP contribution in [-0.4, -0.2) is 50.1 Å². The smallest absolute Gasteiger partial charge is 0.213 e. The molecule has 0 aliphatic heterocycles. The van der Waals surface area contributed by atoms with Crippen molar-refractivity contribution in [3.05, 3.63) is 23.9 Å². The number of guanidine groups is 1. The van der Waals surface area contributed by atoms with Crippen molar-refractivity contribution in [1.82, 2.24) is 15.6 Å². The molecule has 1 aromatic rings. The van der Waals surface area contributed by atoms with Crippen molar-refractivity contribution in [2.24, 2.45) is 4.99 Å². The number of aromatic nitrogens is 1. The van der Waals surface area contributed by atoms with Crippen LogP contribution in [-0.2, 0) is 16.4 Å².